The summed E-state index contributed by atoms with van der Waals surface area (Å²) in [5.74, 6) is -1.07. The first-order valence-corrected chi connectivity index (χ1v) is 9.57. The minimum Gasteiger partial charge on any atom is -0.350 e. The fourth-order valence-electron chi connectivity index (χ4n) is 3.81. The Morgan fingerprint density at radius 1 is 1.19 bits per heavy atom. The monoisotopic (exact) mass is 375 g/mol. The van der Waals surface area contributed by atoms with Crippen LogP contribution in [0.3, 0.4) is 0 Å². The van der Waals surface area contributed by atoms with Gasteiger partial charge in [-0.05, 0) is 37.0 Å². The lowest BCUT2D eigenvalue weighted by atomic mass is 9.84. The zero-order valence-electron chi connectivity index (χ0n) is 15.6. The van der Waals surface area contributed by atoms with Gasteiger partial charge in [-0.1, -0.05) is 44.2 Å². The summed E-state index contributed by atoms with van der Waals surface area (Å²) in [4.78, 5) is 38.4. The average Bonchev–Trinajstić information content (AvgIpc) is 2.84. The van der Waals surface area contributed by atoms with E-state index in [4.69, 9.17) is 0 Å². The first kappa shape index (κ1) is 19.3. The Bertz CT molecular complexity index is 742. The third-order valence-corrected chi connectivity index (χ3v) is 5.48. The third kappa shape index (κ3) is 4.28. The molecule has 27 heavy (non-hydrogen) atoms. The number of amides is 4. The Labute approximate surface area is 158 Å². The summed E-state index contributed by atoms with van der Waals surface area (Å²) >= 11 is 0. The molecule has 7 heteroatoms. The van der Waals surface area contributed by atoms with Gasteiger partial charge in [-0.2, -0.15) is 0 Å². The van der Waals surface area contributed by atoms with Crippen LogP contribution in [-0.4, -0.2) is 34.8 Å². The molecule has 4 amide bonds. The smallest absolute Gasteiger partial charge is 0.325 e. The number of aryl methyl sites for hydroxylation is 1. The van der Waals surface area contributed by atoms with Gasteiger partial charge in [0.25, 0.3) is 5.91 Å². The minimum absolute atomic E-state index is 0.144. The molecule has 1 saturated carbocycles. The van der Waals surface area contributed by atoms with Gasteiger partial charge in [0.05, 0.1) is 0 Å². The molecule has 0 aromatic heterocycles. The van der Waals surface area contributed by atoms with E-state index in [1.807, 2.05) is 0 Å². The number of imide groups is 1. The molecule has 1 spiro atoms. The van der Waals surface area contributed by atoms with Gasteiger partial charge in [0, 0.05) is 6.54 Å². The number of nitrogens with one attached hydrogen (secondary N) is 2. The van der Waals surface area contributed by atoms with Crippen LogP contribution < -0.4 is 10.6 Å². The molecule has 0 unspecified atom stereocenters. The summed E-state index contributed by atoms with van der Waals surface area (Å²) < 4.78 is 13.6. The van der Waals surface area contributed by atoms with Gasteiger partial charge in [-0.25, -0.2) is 9.18 Å². The first-order chi connectivity index (χ1) is 12.9. The quantitative estimate of drug-likeness (QED) is 0.795. The van der Waals surface area contributed by atoms with Crippen molar-refractivity contribution in [1.82, 2.24) is 15.5 Å². The third-order valence-electron chi connectivity index (χ3n) is 5.48. The van der Waals surface area contributed by atoms with E-state index < -0.39 is 17.5 Å². The van der Waals surface area contributed by atoms with Gasteiger partial charge in [-0.15, -0.1) is 0 Å². The van der Waals surface area contributed by atoms with E-state index in [9.17, 15) is 18.8 Å². The number of urea groups is 1. The van der Waals surface area contributed by atoms with Crippen LogP contribution in [0.2, 0.25) is 0 Å². The molecule has 1 aromatic rings. The van der Waals surface area contributed by atoms with Crippen LogP contribution in [0, 0.1) is 12.7 Å². The van der Waals surface area contributed by atoms with Crippen molar-refractivity contribution < 1.29 is 18.8 Å². The van der Waals surface area contributed by atoms with Gasteiger partial charge in [0.2, 0.25) is 5.91 Å². The summed E-state index contributed by atoms with van der Waals surface area (Å²) in [6.07, 6.45) is 6.30. The number of hydrogen-bond acceptors (Lipinski definition) is 3. The van der Waals surface area contributed by atoms with Crippen LogP contribution >= 0.6 is 0 Å². The van der Waals surface area contributed by atoms with Crippen LogP contribution in [0.15, 0.2) is 18.2 Å². The Morgan fingerprint density at radius 3 is 2.52 bits per heavy atom. The van der Waals surface area contributed by atoms with Gasteiger partial charge < -0.3 is 10.6 Å². The summed E-state index contributed by atoms with van der Waals surface area (Å²) in [6, 6.07) is 4.24. The average molecular weight is 375 g/mol. The topological polar surface area (TPSA) is 78.5 Å². The predicted octanol–water partition coefficient (Wildman–Crippen LogP) is 2.79. The molecule has 1 saturated heterocycles. The van der Waals surface area contributed by atoms with Crippen LogP contribution in [0.5, 0.6) is 0 Å². The summed E-state index contributed by atoms with van der Waals surface area (Å²) in [7, 11) is 0. The zero-order valence-corrected chi connectivity index (χ0v) is 15.6. The van der Waals surface area contributed by atoms with Gasteiger partial charge >= 0.3 is 6.03 Å². The summed E-state index contributed by atoms with van der Waals surface area (Å²) in [5.41, 5.74) is 0.312. The lowest BCUT2D eigenvalue weighted by Crippen LogP contribution is -2.48. The Balaban J connectivity index is 1.59. The Morgan fingerprint density at radius 2 is 1.85 bits per heavy atom. The highest BCUT2D eigenvalue weighted by molar-refractivity contribution is 6.09. The van der Waals surface area contributed by atoms with Crippen LogP contribution in [-0.2, 0) is 16.1 Å². The van der Waals surface area contributed by atoms with Crippen molar-refractivity contribution in [1.29, 1.82) is 0 Å². The van der Waals surface area contributed by atoms with E-state index in [1.54, 1.807) is 19.1 Å². The van der Waals surface area contributed by atoms with Gasteiger partial charge in [-0.3, -0.25) is 14.5 Å². The summed E-state index contributed by atoms with van der Waals surface area (Å²) in [5, 5.41) is 5.49. The molecule has 1 heterocycles. The molecule has 0 atom stereocenters. The van der Waals surface area contributed by atoms with Crippen LogP contribution in [0.25, 0.3) is 0 Å². The Hall–Kier alpha value is -2.44. The fraction of sp³-hybridized carbons (Fsp3) is 0.550. The second kappa shape index (κ2) is 8.06. The molecule has 0 radical (unpaired) electrons. The standard InChI is InChI=1S/C20H26FN3O3/c1-14-7-8-15(11-16(14)21)12-22-17(25)13-24-18(26)20(23-19(24)27)9-5-3-2-4-6-10-20/h7-8,11H,2-6,9-10,12-13H2,1H3,(H,22,25)(H,23,27). The first-order valence-electron chi connectivity index (χ1n) is 9.57. The van der Waals surface area contributed by atoms with E-state index >= 15 is 0 Å². The molecule has 0 bridgehead atoms. The van der Waals surface area contributed by atoms with Crippen molar-refractivity contribution in [2.45, 2.75) is 64.0 Å². The highest BCUT2D eigenvalue weighted by Crippen LogP contribution is 2.31. The van der Waals surface area contributed by atoms with E-state index in [2.05, 4.69) is 10.6 Å². The summed E-state index contributed by atoms with van der Waals surface area (Å²) in [6.45, 7) is 1.49. The van der Waals surface area contributed by atoms with Crippen molar-refractivity contribution in [3.8, 4) is 0 Å². The number of benzene rings is 1. The number of carbonyl (C=O) groups excluding carboxylic acids is 3. The lowest BCUT2D eigenvalue weighted by molar-refractivity contribution is -0.135. The largest absolute Gasteiger partial charge is 0.350 e. The second-order valence-electron chi connectivity index (χ2n) is 7.53. The van der Waals surface area contributed by atoms with Crippen molar-refractivity contribution >= 4 is 17.8 Å². The van der Waals surface area contributed by atoms with E-state index in [1.165, 1.54) is 6.07 Å². The minimum atomic E-state index is -0.849. The maximum atomic E-state index is 13.6. The zero-order chi connectivity index (χ0) is 19.4. The number of rotatable bonds is 4. The molecule has 1 aliphatic carbocycles. The number of nitrogens with zero attached hydrogens (tertiary/aromatic N) is 1. The molecule has 2 aliphatic rings. The van der Waals surface area contributed by atoms with E-state index in [-0.39, 0.29) is 24.8 Å². The fourth-order valence-corrected chi connectivity index (χ4v) is 3.81. The molecule has 1 aliphatic heterocycles. The molecule has 146 valence electrons. The van der Waals surface area contributed by atoms with Crippen molar-refractivity contribution in [2.75, 3.05) is 6.54 Å². The van der Waals surface area contributed by atoms with Gasteiger partial charge in [0.1, 0.15) is 17.9 Å². The normalized spacial score (nSPS) is 19.6. The van der Waals surface area contributed by atoms with Gasteiger partial charge in [0.15, 0.2) is 0 Å². The molecular weight excluding hydrogens is 349 g/mol. The molecule has 2 N–H and O–H groups in total. The number of carbonyl (C=O) groups is 3. The Kier molecular flexibility index (Phi) is 5.77. The predicted molar refractivity (Wildman–Crippen MR) is 98.3 cm³/mol. The molecule has 1 aromatic carbocycles. The van der Waals surface area contributed by atoms with E-state index in [0.29, 0.717) is 24.0 Å². The highest BCUT2D eigenvalue weighted by Gasteiger charge is 2.50. The molecule has 6 nitrogen and oxygen atoms in total. The lowest BCUT2D eigenvalue weighted by Gasteiger charge is -2.28. The number of hydrogen-bond donors (Lipinski definition) is 2. The van der Waals surface area contributed by atoms with E-state index in [0.717, 1.165) is 37.0 Å². The van der Waals surface area contributed by atoms with Crippen molar-refractivity contribution in [3.63, 3.8) is 0 Å². The number of halogens is 1. The molecular formula is C20H26FN3O3. The maximum absolute atomic E-state index is 13.6. The van der Waals surface area contributed by atoms with Crippen LogP contribution in [0.1, 0.15) is 56.1 Å². The second-order valence-corrected chi connectivity index (χ2v) is 7.53. The van der Waals surface area contributed by atoms with Crippen LogP contribution in [0.4, 0.5) is 9.18 Å². The molecule has 3 rings (SSSR count). The van der Waals surface area contributed by atoms with Crippen molar-refractivity contribution in [2.24, 2.45) is 0 Å². The van der Waals surface area contributed by atoms with Crippen molar-refractivity contribution in [3.05, 3.63) is 35.1 Å². The molecule has 2 fully saturated rings. The SMILES string of the molecule is Cc1ccc(CNC(=O)CN2C(=O)NC3(CCCCCCC3)C2=O)cc1F. The maximum Gasteiger partial charge on any atom is 0.325 e. The highest BCUT2D eigenvalue weighted by atomic mass is 19.1.